The second kappa shape index (κ2) is 6.22. The zero-order chi connectivity index (χ0) is 16.7. The van der Waals surface area contributed by atoms with Crippen LogP contribution >= 0.6 is 11.8 Å². The molecule has 1 aromatic carbocycles. The van der Waals surface area contributed by atoms with Gasteiger partial charge in [-0.05, 0) is 30.2 Å². The molecule has 6 nitrogen and oxygen atoms in total. The molecule has 2 aliphatic heterocycles. The molecule has 1 fully saturated rings. The molecule has 0 unspecified atom stereocenters. The first-order valence-corrected chi connectivity index (χ1v) is 9.16. The Morgan fingerprint density at radius 3 is 3.04 bits per heavy atom. The molecule has 1 amide bonds. The Bertz CT molecular complexity index is 763. The Labute approximate surface area is 144 Å². The molecule has 0 radical (unpaired) electrons. The molecule has 24 heavy (non-hydrogen) atoms. The molecule has 0 aliphatic carbocycles. The van der Waals surface area contributed by atoms with Crippen molar-refractivity contribution in [3.05, 3.63) is 47.1 Å². The number of hydrogen-bond donors (Lipinski definition) is 1. The predicted octanol–water partition coefficient (Wildman–Crippen LogP) is 2.04. The van der Waals surface area contributed by atoms with E-state index in [9.17, 15) is 9.90 Å². The maximum atomic E-state index is 13.2. The summed E-state index contributed by atoms with van der Waals surface area (Å²) in [5.74, 6) is 1.89. The van der Waals surface area contributed by atoms with E-state index in [-0.39, 0.29) is 17.2 Å². The number of nitrogens with zero attached hydrogens (tertiary/aromatic N) is 3. The SMILES string of the molecule is Cc1noc([C@H]2C[C@H](O)CN2C(=O)[C@H]2SCCc3ccccc32)n1. The van der Waals surface area contributed by atoms with Gasteiger partial charge in [-0.2, -0.15) is 4.98 Å². The fraction of sp³-hybridized carbons (Fsp3) is 0.471. The predicted molar refractivity (Wildman–Crippen MR) is 89.5 cm³/mol. The summed E-state index contributed by atoms with van der Waals surface area (Å²) < 4.78 is 5.26. The van der Waals surface area contributed by atoms with Gasteiger partial charge in [-0.3, -0.25) is 4.79 Å². The number of likely N-dealkylation sites (tertiary alicyclic amines) is 1. The Balaban J connectivity index is 1.64. The van der Waals surface area contributed by atoms with E-state index in [1.54, 1.807) is 23.6 Å². The third-order valence-corrected chi connectivity index (χ3v) is 5.84. The smallest absolute Gasteiger partial charge is 0.249 e. The van der Waals surface area contributed by atoms with Gasteiger partial charge >= 0.3 is 0 Å². The maximum Gasteiger partial charge on any atom is 0.249 e. The highest BCUT2D eigenvalue weighted by molar-refractivity contribution is 8.00. The monoisotopic (exact) mass is 345 g/mol. The first-order valence-electron chi connectivity index (χ1n) is 8.11. The van der Waals surface area contributed by atoms with E-state index in [2.05, 4.69) is 16.2 Å². The summed E-state index contributed by atoms with van der Waals surface area (Å²) in [6.45, 7) is 2.06. The van der Waals surface area contributed by atoms with Gasteiger partial charge < -0.3 is 14.5 Å². The van der Waals surface area contributed by atoms with Crippen LogP contribution in [0.15, 0.2) is 28.8 Å². The third kappa shape index (κ3) is 2.71. The number of carbonyl (C=O) groups excluding carboxylic acids is 1. The quantitative estimate of drug-likeness (QED) is 0.897. The summed E-state index contributed by atoms with van der Waals surface area (Å²) in [5, 5.41) is 13.7. The van der Waals surface area contributed by atoms with Crippen LogP contribution in [0.5, 0.6) is 0 Å². The van der Waals surface area contributed by atoms with E-state index in [1.807, 2.05) is 18.2 Å². The van der Waals surface area contributed by atoms with Gasteiger partial charge in [0.15, 0.2) is 5.82 Å². The molecule has 2 aromatic rings. The number of aryl methyl sites for hydroxylation is 2. The van der Waals surface area contributed by atoms with Crippen LogP contribution in [0, 0.1) is 6.92 Å². The normalized spacial score (nSPS) is 26.4. The van der Waals surface area contributed by atoms with Crippen molar-refractivity contribution in [1.29, 1.82) is 0 Å². The number of amides is 1. The second-order valence-corrected chi connectivity index (χ2v) is 7.49. The molecule has 126 valence electrons. The zero-order valence-electron chi connectivity index (χ0n) is 13.4. The van der Waals surface area contributed by atoms with Crippen molar-refractivity contribution in [3.8, 4) is 0 Å². The lowest BCUT2D eigenvalue weighted by molar-refractivity contribution is -0.132. The summed E-state index contributed by atoms with van der Waals surface area (Å²) in [4.78, 5) is 19.2. The zero-order valence-corrected chi connectivity index (χ0v) is 14.2. The maximum absolute atomic E-state index is 13.2. The molecule has 3 atom stereocenters. The van der Waals surface area contributed by atoms with Gasteiger partial charge in [-0.15, -0.1) is 11.8 Å². The van der Waals surface area contributed by atoms with Crippen molar-refractivity contribution in [2.24, 2.45) is 0 Å². The van der Waals surface area contributed by atoms with E-state index in [0.29, 0.717) is 24.7 Å². The van der Waals surface area contributed by atoms with Crippen LogP contribution in [0.4, 0.5) is 0 Å². The van der Waals surface area contributed by atoms with Gasteiger partial charge in [-0.1, -0.05) is 29.4 Å². The molecule has 0 bridgehead atoms. The number of rotatable bonds is 2. The summed E-state index contributed by atoms with van der Waals surface area (Å²) in [5.41, 5.74) is 2.32. The molecule has 2 aliphatic rings. The number of aliphatic hydroxyl groups is 1. The minimum Gasteiger partial charge on any atom is -0.391 e. The molecule has 1 N–H and O–H groups in total. The Morgan fingerprint density at radius 2 is 2.25 bits per heavy atom. The molecule has 0 saturated carbocycles. The highest BCUT2D eigenvalue weighted by Gasteiger charge is 2.42. The summed E-state index contributed by atoms with van der Waals surface area (Å²) in [7, 11) is 0. The minimum absolute atomic E-state index is 0.0181. The van der Waals surface area contributed by atoms with Crippen molar-refractivity contribution in [3.63, 3.8) is 0 Å². The van der Waals surface area contributed by atoms with E-state index < -0.39 is 6.10 Å². The molecular formula is C17H19N3O3S. The van der Waals surface area contributed by atoms with Crippen molar-refractivity contribution in [2.75, 3.05) is 12.3 Å². The van der Waals surface area contributed by atoms with Crippen LogP contribution in [0.25, 0.3) is 0 Å². The molecular weight excluding hydrogens is 326 g/mol. The second-order valence-electron chi connectivity index (χ2n) is 6.28. The van der Waals surface area contributed by atoms with Crippen LogP contribution in [0.3, 0.4) is 0 Å². The Hall–Kier alpha value is -1.86. The number of thioether (sulfide) groups is 1. The highest BCUT2D eigenvalue weighted by atomic mass is 32.2. The van der Waals surface area contributed by atoms with Crippen LogP contribution in [-0.2, 0) is 11.2 Å². The number of hydrogen-bond acceptors (Lipinski definition) is 6. The lowest BCUT2D eigenvalue weighted by atomic mass is 10.0. The Morgan fingerprint density at radius 1 is 1.42 bits per heavy atom. The van der Waals surface area contributed by atoms with Gasteiger partial charge in [0.1, 0.15) is 11.3 Å². The number of aromatic nitrogens is 2. The average Bonchev–Trinajstić information content (AvgIpc) is 3.19. The lowest BCUT2D eigenvalue weighted by Gasteiger charge is -2.30. The Kier molecular flexibility index (Phi) is 4.05. The van der Waals surface area contributed by atoms with Gasteiger partial charge in [0.05, 0.1) is 6.10 Å². The van der Waals surface area contributed by atoms with Crippen molar-refractivity contribution in [1.82, 2.24) is 15.0 Å². The number of aliphatic hydroxyl groups excluding tert-OH is 1. The summed E-state index contributed by atoms with van der Waals surface area (Å²) in [6.07, 6.45) is 0.862. The van der Waals surface area contributed by atoms with Gasteiger partial charge in [0.2, 0.25) is 11.8 Å². The largest absolute Gasteiger partial charge is 0.391 e. The minimum atomic E-state index is -0.560. The first-order chi connectivity index (χ1) is 11.6. The fourth-order valence-electron chi connectivity index (χ4n) is 3.49. The molecule has 0 spiro atoms. The molecule has 7 heteroatoms. The molecule has 3 heterocycles. The van der Waals surface area contributed by atoms with Gasteiger partial charge in [0, 0.05) is 13.0 Å². The van der Waals surface area contributed by atoms with Crippen LogP contribution < -0.4 is 0 Å². The van der Waals surface area contributed by atoms with Crippen LogP contribution in [0.2, 0.25) is 0 Å². The fourth-order valence-corrected chi connectivity index (χ4v) is 4.75. The summed E-state index contributed by atoms with van der Waals surface area (Å²) >= 11 is 1.67. The molecule has 4 rings (SSSR count). The number of benzene rings is 1. The topological polar surface area (TPSA) is 79.5 Å². The lowest BCUT2D eigenvalue weighted by Crippen LogP contribution is -2.36. The number of β-amino-alcohol motifs (C(OH)–C–C–N with tert-alkyl or cyclic N) is 1. The number of carbonyl (C=O) groups is 1. The van der Waals surface area contributed by atoms with E-state index >= 15 is 0 Å². The van der Waals surface area contributed by atoms with Crippen molar-refractivity contribution < 1.29 is 14.4 Å². The van der Waals surface area contributed by atoms with Crippen molar-refractivity contribution >= 4 is 17.7 Å². The highest BCUT2D eigenvalue weighted by Crippen LogP contribution is 2.41. The van der Waals surface area contributed by atoms with Crippen LogP contribution in [0.1, 0.15) is 40.6 Å². The number of fused-ring (bicyclic) bond motifs is 1. The first kappa shape index (κ1) is 15.7. The summed E-state index contributed by atoms with van der Waals surface area (Å²) in [6, 6.07) is 7.77. The van der Waals surface area contributed by atoms with Gasteiger partial charge in [-0.25, -0.2) is 0 Å². The molecule has 1 saturated heterocycles. The van der Waals surface area contributed by atoms with Crippen LogP contribution in [-0.4, -0.2) is 44.5 Å². The van der Waals surface area contributed by atoms with Crippen molar-refractivity contribution in [2.45, 2.75) is 37.2 Å². The van der Waals surface area contributed by atoms with E-state index in [1.165, 1.54) is 5.56 Å². The third-order valence-electron chi connectivity index (χ3n) is 4.61. The van der Waals surface area contributed by atoms with Gasteiger partial charge in [0.25, 0.3) is 0 Å². The molecule has 1 aromatic heterocycles. The van der Waals surface area contributed by atoms with E-state index in [4.69, 9.17) is 4.52 Å². The van der Waals surface area contributed by atoms with E-state index in [0.717, 1.165) is 17.7 Å². The standard InChI is InChI=1S/C17H19N3O3S/c1-10-18-16(23-19-10)14-8-12(21)9-20(14)17(22)15-13-5-3-2-4-11(13)6-7-24-15/h2-5,12,14-15,21H,6-9H2,1H3/t12-,14+,15-/m0/s1. The average molecular weight is 345 g/mol.